The number of alkyl carbamates (subject to hydrolysis) is 1. The van der Waals surface area contributed by atoms with Crippen LogP contribution in [0.5, 0.6) is 0 Å². The molecule has 0 spiro atoms. The van der Waals surface area contributed by atoms with Crippen molar-refractivity contribution in [3.8, 4) is 0 Å². The van der Waals surface area contributed by atoms with E-state index in [0.717, 1.165) is 22.4 Å². The highest BCUT2D eigenvalue weighted by atomic mass is 16.6. The van der Waals surface area contributed by atoms with E-state index >= 15 is 0 Å². The molecule has 0 saturated heterocycles. The predicted molar refractivity (Wildman–Crippen MR) is 130 cm³/mol. The average Bonchev–Trinajstić information content (AvgIpc) is 2.70. The molecule has 0 aliphatic rings. The minimum atomic E-state index is -0.607. The van der Waals surface area contributed by atoms with Crippen molar-refractivity contribution >= 4 is 17.8 Å². The molecule has 0 aliphatic carbocycles. The zero-order valence-electron chi connectivity index (χ0n) is 20.3. The highest BCUT2D eigenvalue weighted by Gasteiger charge is 2.22. The van der Waals surface area contributed by atoms with E-state index in [1.54, 1.807) is 0 Å². The van der Waals surface area contributed by atoms with Crippen LogP contribution in [0.15, 0.2) is 48.5 Å². The molecule has 0 aromatic heterocycles. The number of urea groups is 1. The van der Waals surface area contributed by atoms with Gasteiger partial charge >= 0.3 is 12.1 Å². The zero-order chi connectivity index (χ0) is 23.9. The molecule has 3 amide bonds. The van der Waals surface area contributed by atoms with Crippen LogP contribution in [0, 0.1) is 0 Å². The van der Waals surface area contributed by atoms with Gasteiger partial charge < -0.3 is 20.7 Å². The highest BCUT2D eigenvalue weighted by Crippen LogP contribution is 2.32. The minimum Gasteiger partial charge on any atom is -0.444 e. The van der Waals surface area contributed by atoms with Crippen LogP contribution in [0.2, 0.25) is 0 Å². The van der Waals surface area contributed by atoms with Crippen molar-refractivity contribution in [2.45, 2.75) is 71.9 Å². The lowest BCUT2D eigenvalue weighted by molar-refractivity contribution is 0.0503. The predicted octanol–water partition coefficient (Wildman–Crippen LogP) is 6.32. The Morgan fingerprint density at radius 3 is 1.94 bits per heavy atom. The molecule has 0 bridgehead atoms. The van der Waals surface area contributed by atoms with Gasteiger partial charge in [0.1, 0.15) is 5.60 Å². The summed E-state index contributed by atoms with van der Waals surface area (Å²) in [5, 5.41) is 8.82. The van der Waals surface area contributed by atoms with E-state index in [9.17, 15) is 9.59 Å². The zero-order valence-corrected chi connectivity index (χ0v) is 20.3. The lowest BCUT2D eigenvalue weighted by Crippen LogP contribution is -2.41. The average molecular weight is 440 g/mol. The number of amides is 3. The summed E-state index contributed by atoms with van der Waals surface area (Å²) in [6.45, 7) is 14.1. The molecule has 2 aromatic carbocycles. The molecule has 174 valence electrons. The number of para-hydroxylation sites is 1. The van der Waals surface area contributed by atoms with E-state index in [1.165, 1.54) is 0 Å². The number of carbonyl (C=O) groups excluding carboxylic acids is 2. The van der Waals surface area contributed by atoms with Gasteiger partial charge in [0.05, 0.1) is 6.04 Å². The van der Waals surface area contributed by atoms with Crippen LogP contribution < -0.4 is 16.0 Å². The first-order chi connectivity index (χ1) is 15.0. The number of ether oxygens (including phenoxy) is 1. The Balaban J connectivity index is 2.15. The monoisotopic (exact) mass is 439 g/mol. The van der Waals surface area contributed by atoms with E-state index < -0.39 is 17.7 Å². The second-order valence-electron chi connectivity index (χ2n) is 9.57. The fourth-order valence-corrected chi connectivity index (χ4v) is 3.44. The highest BCUT2D eigenvalue weighted by molar-refractivity contribution is 5.91. The Hall–Kier alpha value is -3.02. The van der Waals surface area contributed by atoms with E-state index in [2.05, 4.69) is 43.6 Å². The Morgan fingerprint density at radius 2 is 1.44 bits per heavy atom. The van der Waals surface area contributed by atoms with Crippen molar-refractivity contribution in [1.29, 1.82) is 0 Å². The molecule has 0 fully saturated rings. The van der Waals surface area contributed by atoms with Gasteiger partial charge in [0.15, 0.2) is 0 Å². The Bertz CT molecular complexity index is 876. The molecular formula is C26H37N3O3. The van der Waals surface area contributed by atoms with Crippen LogP contribution in [-0.4, -0.2) is 24.3 Å². The summed E-state index contributed by atoms with van der Waals surface area (Å²) in [5.41, 5.74) is 3.32. The van der Waals surface area contributed by atoms with Gasteiger partial charge in [-0.3, -0.25) is 0 Å². The van der Waals surface area contributed by atoms with Crippen LogP contribution >= 0.6 is 0 Å². The van der Waals surface area contributed by atoms with E-state index in [4.69, 9.17) is 4.74 Å². The SMILES string of the molecule is CC(C)c1cccc(C(C)C)c1NC(=O)NC[C@H](NC(=O)OC(C)(C)C)c1ccccc1. The summed E-state index contributed by atoms with van der Waals surface area (Å²) in [6, 6.07) is 14.9. The van der Waals surface area contributed by atoms with Gasteiger partial charge in [-0.05, 0) is 49.3 Å². The summed E-state index contributed by atoms with van der Waals surface area (Å²) in [5.74, 6) is 0.546. The quantitative estimate of drug-likeness (QED) is 0.472. The molecule has 0 aliphatic heterocycles. The summed E-state index contributed by atoms with van der Waals surface area (Å²) < 4.78 is 5.40. The van der Waals surface area contributed by atoms with Crippen molar-refractivity contribution in [2.24, 2.45) is 0 Å². The topological polar surface area (TPSA) is 79.5 Å². The van der Waals surface area contributed by atoms with Crippen molar-refractivity contribution in [3.63, 3.8) is 0 Å². The molecule has 3 N–H and O–H groups in total. The maximum atomic E-state index is 12.8. The first kappa shape index (κ1) is 25.2. The van der Waals surface area contributed by atoms with Crippen LogP contribution in [0.3, 0.4) is 0 Å². The molecule has 32 heavy (non-hydrogen) atoms. The second kappa shape index (κ2) is 11.0. The van der Waals surface area contributed by atoms with Crippen molar-refractivity contribution < 1.29 is 14.3 Å². The van der Waals surface area contributed by atoms with Crippen molar-refractivity contribution in [2.75, 3.05) is 11.9 Å². The molecule has 0 unspecified atom stereocenters. The van der Waals surface area contributed by atoms with Crippen LogP contribution in [-0.2, 0) is 4.74 Å². The number of hydrogen-bond acceptors (Lipinski definition) is 3. The lowest BCUT2D eigenvalue weighted by atomic mass is 9.93. The maximum Gasteiger partial charge on any atom is 0.408 e. The largest absolute Gasteiger partial charge is 0.444 e. The summed E-state index contributed by atoms with van der Waals surface area (Å²) in [4.78, 5) is 25.2. The number of carbonyl (C=O) groups is 2. The van der Waals surface area contributed by atoms with E-state index in [0.29, 0.717) is 0 Å². The summed E-state index contributed by atoms with van der Waals surface area (Å²) in [6.07, 6.45) is -0.527. The number of anilines is 1. The third-order valence-corrected chi connectivity index (χ3v) is 4.97. The van der Waals surface area contributed by atoms with Gasteiger partial charge in [0, 0.05) is 12.2 Å². The van der Waals surface area contributed by atoms with Gasteiger partial charge in [-0.25, -0.2) is 9.59 Å². The maximum absolute atomic E-state index is 12.8. The lowest BCUT2D eigenvalue weighted by Gasteiger charge is -2.25. The number of hydrogen-bond donors (Lipinski definition) is 3. The first-order valence-corrected chi connectivity index (χ1v) is 11.2. The van der Waals surface area contributed by atoms with Crippen molar-refractivity contribution in [3.05, 3.63) is 65.2 Å². The molecule has 6 heteroatoms. The molecule has 2 rings (SSSR count). The standard InChI is InChI=1S/C26H37N3O3/c1-17(2)20-14-11-15-21(18(3)4)23(20)29-24(30)27-16-22(19-12-9-8-10-13-19)28-25(31)32-26(5,6)7/h8-15,17-18,22H,16H2,1-7H3,(H,28,31)(H2,27,29,30)/t22-/m0/s1. The Morgan fingerprint density at radius 1 is 0.875 bits per heavy atom. The van der Waals surface area contributed by atoms with E-state index in [1.807, 2.05) is 69.3 Å². The van der Waals surface area contributed by atoms with Gasteiger partial charge in [-0.15, -0.1) is 0 Å². The molecule has 0 radical (unpaired) electrons. The van der Waals surface area contributed by atoms with Crippen LogP contribution in [0.4, 0.5) is 15.3 Å². The fraction of sp³-hybridized carbons (Fsp3) is 0.462. The van der Waals surface area contributed by atoms with Crippen LogP contribution in [0.25, 0.3) is 0 Å². The molecule has 0 saturated carbocycles. The number of rotatable bonds is 7. The third kappa shape index (κ3) is 7.59. The molecule has 2 aromatic rings. The molecule has 1 atom stereocenters. The van der Waals surface area contributed by atoms with Crippen molar-refractivity contribution in [1.82, 2.24) is 10.6 Å². The van der Waals surface area contributed by atoms with Crippen LogP contribution in [0.1, 0.15) is 83.0 Å². The van der Waals surface area contributed by atoms with E-state index in [-0.39, 0.29) is 24.4 Å². The smallest absolute Gasteiger partial charge is 0.408 e. The molecule has 6 nitrogen and oxygen atoms in total. The molecule has 0 heterocycles. The third-order valence-electron chi connectivity index (χ3n) is 4.97. The Kier molecular flexibility index (Phi) is 8.70. The van der Waals surface area contributed by atoms with Gasteiger partial charge in [-0.2, -0.15) is 0 Å². The first-order valence-electron chi connectivity index (χ1n) is 11.2. The number of benzene rings is 2. The Labute approximate surface area is 192 Å². The van der Waals surface area contributed by atoms with Gasteiger partial charge in [0.25, 0.3) is 0 Å². The van der Waals surface area contributed by atoms with Gasteiger partial charge in [0.2, 0.25) is 0 Å². The second-order valence-corrected chi connectivity index (χ2v) is 9.57. The molecular weight excluding hydrogens is 402 g/mol. The normalized spacial score (nSPS) is 12.4. The fourth-order valence-electron chi connectivity index (χ4n) is 3.44. The summed E-state index contributed by atoms with van der Waals surface area (Å²) >= 11 is 0. The summed E-state index contributed by atoms with van der Waals surface area (Å²) in [7, 11) is 0. The minimum absolute atomic E-state index is 0.218. The van der Waals surface area contributed by atoms with Gasteiger partial charge in [-0.1, -0.05) is 76.2 Å². The number of nitrogens with one attached hydrogen (secondary N) is 3.